The van der Waals surface area contributed by atoms with E-state index in [9.17, 15) is 9.59 Å². The third-order valence-corrected chi connectivity index (χ3v) is 4.19. The Hall–Kier alpha value is -1.43. The van der Waals surface area contributed by atoms with Crippen molar-refractivity contribution in [3.63, 3.8) is 0 Å². The zero-order valence-corrected chi connectivity index (χ0v) is 13.2. The molecule has 2 heterocycles. The largest absolute Gasteiger partial charge is 0.340 e. The fourth-order valence-corrected chi connectivity index (χ4v) is 2.94. The monoisotopic (exact) mass is 339 g/mol. The Labute approximate surface area is 126 Å². The van der Waals surface area contributed by atoms with Gasteiger partial charge in [0.15, 0.2) is 0 Å². The molecule has 1 aromatic rings. The average molecular weight is 340 g/mol. The van der Waals surface area contributed by atoms with Gasteiger partial charge in [-0.25, -0.2) is 0 Å². The Bertz CT molecular complexity index is 529. The second-order valence-electron chi connectivity index (χ2n) is 5.01. The van der Waals surface area contributed by atoms with Crippen molar-refractivity contribution in [3.05, 3.63) is 28.5 Å². The number of nitrogens with zero attached hydrogens (tertiary/aromatic N) is 2. The maximum Gasteiger partial charge on any atom is 0.249 e. The molecule has 6 heteroatoms. The first-order chi connectivity index (χ1) is 9.50. The molecule has 0 bridgehead atoms. The van der Waals surface area contributed by atoms with E-state index in [0.717, 1.165) is 10.0 Å². The first-order valence-electron chi connectivity index (χ1n) is 6.70. The number of carbonyl (C=O) groups excluding carboxylic acids is 2. The lowest BCUT2D eigenvalue weighted by atomic mass is 9.89. The molecule has 0 radical (unpaired) electrons. The number of nitrogens with one attached hydrogen (secondary N) is 1. The summed E-state index contributed by atoms with van der Waals surface area (Å²) in [6.07, 6.45) is 4.60. The minimum absolute atomic E-state index is 0.0120. The molecule has 1 saturated heterocycles. The average Bonchev–Trinajstić information content (AvgIpc) is 2.42. The second-order valence-corrected chi connectivity index (χ2v) is 5.93. The van der Waals surface area contributed by atoms with E-state index in [1.807, 2.05) is 19.9 Å². The van der Waals surface area contributed by atoms with Gasteiger partial charge in [0.2, 0.25) is 11.8 Å². The predicted molar refractivity (Wildman–Crippen MR) is 78.8 cm³/mol. The van der Waals surface area contributed by atoms with Crippen molar-refractivity contribution in [2.45, 2.75) is 38.8 Å². The molecule has 0 saturated carbocycles. The Morgan fingerprint density at radius 1 is 1.35 bits per heavy atom. The van der Waals surface area contributed by atoms with Crippen molar-refractivity contribution in [1.82, 2.24) is 15.2 Å². The number of hydrogen-bond acceptors (Lipinski definition) is 3. The van der Waals surface area contributed by atoms with Gasteiger partial charge in [0.25, 0.3) is 0 Å². The number of rotatable bonds is 4. The fraction of sp³-hybridized carbons (Fsp3) is 0.500. The van der Waals surface area contributed by atoms with Gasteiger partial charge >= 0.3 is 0 Å². The molecular weight excluding hydrogens is 322 g/mol. The van der Waals surface area contributed by atoms with E-state index < -0.39 is 5.54 Å². The maximum absolute atomic E-state index is 12.6. The van der Waals surface area contributed by atoms with Crippen LogP contribution in [0, 0.1) is 0 Å². The molecule has 0 unspecified atom stereocenters. The van der Waals surface area contributed by atoms with Crippen LogP contribution in [-0.2, 0) is 16.1 Å². The molecule has 1 fully saturated rings. The Balaban J connectivity index is 2.22. The van der Waals surface area contributed by atoms with E-state index in [0.29, 0.717) is 19.4 Å². The summed E-state index contributed by atoms with van der Waals surface area (Å²) in [7, 11) is 0. The highest BCUT2D eigenvalue weighted by molar-refractivity contribution is 9.10. The number of aromatic nitrogens is 1. The number of amides is 2. The van der Waals surface area contributed by atoms with Crippen molar-refractivity contribution in [2.24, 2.45) is 0 Å². The molecule has 108 valence electrons. The number of halogens is 1. The van der Waals surface area contributed by atoms with Gasteiger partial charge in [0.05, 0.1) is 6.54 Å². The van der Waals surface area contributed by atoms with Crippen LogP contribution in [0.15, 0.2) is 22.9 Å². The smallest absolute Gasteiger partial charge is 0.249 e. The van der Waals surface area contributed by atoms with Gasteiger partial charge in [-0.3, -0.25) is 14.6 Å². The molecule has 2 rings (SSSR count). The summed E-state index contributed by atoms with van der Waals surface area (Å²) >= 11 is 3.36. The van der Waals surface area contributed by atoms with E-state index in [1.165, 1.54) is 0 Å². The van der Waals surface area contributed by atoms with Crippen LogP contribution >= 0.6 is 15.9 Å². The highest BCUT2D eigenvalue weighted by Gasteiger charge is 2.43. The predicted octanol–water partition coefficient (Wildman–Crippen LogP) is 1.86. The molecule has 5 nitrogen and oxygen atoms in total. The normalized spacial score (nSPS) is 18.1. The molecule has 20 heavy (non-hydrogen) atoms. The van der Waals surface area contributed by atoms with E-state index in [4.69, 9.17) is 0 Å². The van der Waals surface area contributed by atoms with E-state index >= 15 is 0 Å². The van der Waals surface area contributed by atoms with Crippen molar-refractivity contribution < 1.29 is 9.59 Å². The summed E-state index contributed by atoms with van der Waals surface area (Å²) in [5.74, 6) is -0.113. The van der Waals surface area contributed by atoms with Gasteiger partial charge in [-0.1, -0.05) is 13.8 Å². The lowest BCUT2D eigenvalue weighted by Gasteiger charge is -2.41. The molecule has 2 amide bonds. The lowest BCUT2D eigenvalue weighted by Crippen LogP contribution is -2.65. The highest BCUT2D eigenvalue weighted by Crippen LogP contribution is 2.23. The molecule has 1 aliphatic heterocycles. The lowest BCUT2D eigenvalue weighted by molar-refractivity contribution is -0.151. The quantitative estimate of drug-likeness (QED) is 0.910. The van der Waals surface area contributed by atoms with Crippen molar-refractivity contribution in [3.8, 4) is 0 Å². The molecule has 0 spiro atoms. The van der Waals surface area contributed by atoms with Crippen molar-refractivity contribution >= 4 is 27.7 Å². The molecular formula is C14H18BrN3O2. The van der Waals surface area contributed by atoms with Crippen LogP contribution in [0.3, 0.4) is 0 Å². The van der Waals surface area contributed by atoms with Gasteiger partial charge in [-0.05, 0) is 40.4 Å². The molecule has 1 aromatic heterocycles. The van der Waals surface area contributed by atoms with Crippen LogP contribution in [0.1, 0.15) is 32.3 Å². The van der Waals surface area contributed by atoms with Crippen LogP contribution in [0.25, 0.3) is 0 Å². The maximum atomic E-state index is 12.6. The van der Waals surface area contributed by atoms with Gasteiger partial charge in [-0.15, -0.1) is 0 Å². The third-order valence-electron chi connectivity index (χ3n) is 3.75. The van der Waals surface area contributed by atoms with Crippen LogP contribution in [-0.4, -0.2) is 33.8 Å². The van der Waals surface area contributed by atoms with Crippen LogP contribution in [0.4, 0.5) is 0 Å². The highest BCUT2D eigenvalue weighted by atomic mass is 79.9. The van der Waals surface area contributed by atoms with Crippen LogP contribution < -0.4 is 5.32 Å². The van der Waals surface area contributed by atoms with Crippen molar-refractivity contribution in [2.75, 3.05) is 6.54 Å². The van der Waals surface area contributed by atoms with Gasteiger partial charge in [-0.2, -0.15) is 0 Å². The van der Waals surface area contributed by atoms with Crippen LogP contribution in [0.2, 0.25) is 0 Å². The first kappa shape index (κ1) is 15.0. The third kappa shape index (κ3) is 2.85. The molecule has 0 atom stereocenters. The molecule has 0 aromatic carbocycles. The molecule has 1 aliphatic rings. The standard InChI is InChI=1S/C14H18BrN3O2/c1-3-14(4-2)13(20)18(9-12(19)17-14)8-10-5-11(15)7-16-6-10/h5-7H,3-4,8-9H2,1-2H3,(H,17,19). The number of piperazine rings is 1. The Morgan fingerprint density at radius 3 is 2.65 bits per heavy atom. The minimum Gasteiger partial charge on any atom is -0.340 e. The van der Waals surface area contributed by atoms with E-state index in [-0.39, 0.29) is 18.4 Å². The second kappa shape index (κ2) is 5.91. The van der Waals surface area contributed by atoms with Gasteiger partial charge in [0.1, 0.15) is 5.54 Å². The summed E-state index contributed by atoms with van der Waals surface area (Å²) in [4.78, 5) is 30.2. The van der Waals surface area contributed by atoms with Crippen molar-refractivity contribution in [1.29, 1.82) is 0 Å². The summed E-state index contributed by atoms with van der Waals surface area (Å²) in [5, 5.41) is 2.85. The summed E-state index contributed by atoms with van der Waals surface area (Å²) in [5.41, 5.74) is 0.151. The first-order valence-corrected chi connectivity index (χ1v) is 7.50. The zero-order chi connectivity index (χ0) is 14.8. The summed E-state index contributed by atoms with van der Waals surface area (Å²) in [6.45, 7) is 4.35. The molecule has 1 N–H and O–H groups in total. The zero-order valence-electron chi connectivity index (χ0n) is 11.6. The number of pyridine rings is 1. The Morgan fingerprint density at radius 2 is 2.05 bits per heavy atom. The fourth-order valence-electron chi connectivity index (χ4n) is 2.53. The number of hydrogen-bond donors (Lipinski definition) is 1. The Kier molecular flexibility index (Phi) is 4.42. The topological polar surface area (TPSA) is 62.3 Å². The SMILES string of the molecule is CCC1(CC)NC(=O)CN(Cc2cncc(Br)c2)C1=O. The minimum atomic E-state index is -0.755. The summed E-state index contributed by atoms with van der Waals surface area (Å²) in [6, 6.07) is 1.91. The van der Waals surface area contributed by atoms with E-state index in [2.05, 4.69) is 26.2 Å². The van der Waals surface area contributed by atoms with Gasteiger partial charge in [0, 0.05) is 23.4 Å². The van der Waals surface area contributed by atoms with Crippen LogP contribution in [0.5, 0.6) is 0 Å². The summed E-state index contributed by atoms with van der Waals surface area (Å²) < 4.78 is 0.862. The number of carbonyl (C=O) groups is 2. The van der Waals surface area contributed by atoms with E-state index in [1.54, 1.807) is 17.3 Å². The van der Waals surface area contributed by atoms with Gasteiger partial charge < -0.3 is 10.2 Å². The molecule has 0 aliphatic carbocycles.